The van der Waals surface area contributed by atoms with Gasteiger partial charge in [0.15, 0.2) is 5.58 Å². The summed E-state index contributed by atoms with van der Waals surface area (Å²) < 4.78 is 33.3. The Morgan fingerprint density at radius 1 is 1.10 bits per heavy atom. The molecule has 30 heavy (non-hydrogen) atoms. The molecule has 8 nitrogen and oxygen atoms in total. The highest BCUT2D eigenvalue weighted by atomic mass is 32.2. The first-order valence-corrected chi connectivity index (χ1v) is 11.2. The fourth-order valence-electron chi connectivity index (χ4n) is 3.72. The minimum absolute atomic E-state index is 0.0810. The summed E-state index contributed by atoms with van der Waals surface area (Å²) in [6.07, 6.45) is 1.67. The molecule has 4 rings (SSSR count). The third-order valence-electron chi connectivity index (χ3n) is 5.30. The molecular weight excluding hydrogens is 406 g/mol. The van der Waals surface area contributed by atoms with Crippen molar-refractivity contribution in [3.63, 3.8) is 0 Å². The molecule has 2 heterocycles. The van der Waals surface area contributed by atoms with E-state index < -0.39 is 15.8 Å². The van der Waals surface area contributed by atoms with E-state index in [1.165, 1.54) is 27.1 Å². The zero-order chi connectivity index (χ0) is 21.5. The van der Waals surface area contributed by atoms with Crippen molar-refractivity contribution in [2.75, 3.05) is 18.4 Å². The van der Waals surface area contributed by atoms with Crippen LogP contribution in [-0.2, 0) is 21.4 Å². The average molecular weight is 429 g/mol. The molecule has 1 aromatic heterocycles. The second-order valence-electron chi connectivity index (χ2n) is 7.56. The lowest BCUT2D eigenvalue weighted by molar-refractivity contribution is -0.116. The summed E-state index contributed by atoms with van der Waals surface area (Å²) in [5.74, 6) is -1.09. The Labute approximate surface area is 174 Å². The summed E-state index contributed by atoms with van der Waals surface area (Å²) in [7, 11) is -3.62. The number of fused-ring (bicyclic) bond motifs is 1. The van der Waals surface area contributed by atoms with Crippen LogP contribution in [0.25, 0.3) is 11.1 Å². The van der Waals surface area contributed by atoms with E-state index in [-0.39, 0.29) is 22.9 Å². The summed E-state index contributed by atoms with van der Waals surface area (Å²) in [4.78, 5) is 24.9. The van der Waals surface area contributed by atoms with Crippen molar-refractivity contribution in [1.82, 2.24) is 8.87 Å². The molecule has 0 bridgehead atoms. The van der Waals surface area contributed by atoms with Gasteiger partial charge in [0, 0.05) is 24.8 Å². The second-order valence-corrected chi connectivity index (χ2v) is 9.50. The summed E-state index contributed by atoms with van der Waals surface area (Å²) >= 11 is 0. The highest BCUT2D eigenvalue weighted by molar-refractivity contribution is 7.89. The molecule has 3 aromatic rings. The number of nitrogens with one attached hydrogen (secondary N) is 1. The highest BCUT2D eigenvalue weighted by Crippen LogP contribution is 2.24. The van der Waals surface area contributed by atoms with Gasteiger partial charge in [-0.15, -0.1) is 0 Å². The summed E-state index contributed by atoms with van der Waals surface area (Å²) in [5, 5.41) is 2.80. The fourth-order valence-corrected chi connectivity index (χ4v) is 5.25. The normalized spacial score (nSPS) is 15.0. The Hall–Kier alpha value is -2.91. The summed E-state index contributed by atoms with van der Waals surface area (Å²) in [5.41, 5.74) is 3.19. The number of aromatic nitrogens is 1. The van der Waals surface area contributed by atoms with Crippen LogP contribution in [0.4, 0.5) is 5.69 Å². The van der Waals surface area contributed by atoms with E-state index in [1.54, 1.807) is 0 Å². The van der Waals surface area contributed by atoms with Crippen LogP contribution in [-0.4, -0.2) is 36.3 Å². The van der Waals surface area contributed by atoms with E-state index in [1.807, 2.05) is 32.0 Å². The van der Waals surface area contributed by atoms with Crippen LogP contribution in [0.5, 0.6) is 0 Å². The standard InChI is InChI=1S/C21H23N3O5S/c1-14-5-7-17(15(2)11-14)22-20(25)13-24-18-8-6-16(12-19(18)29-21(24)26)30(27,28)23-9-3-4-10-23/h5-8,11-12H,3-4,9-10,13H2,1-2H3,(H,22,25). The van der Waals surface area contributed by atoms with Crippen molar-refractivity contribution < 1.29 is 17.6 Å². The molecule has 158 valence electrons. The third-order valence-corrected chi connectivity index (χ3v) is 7.19. The van der Waals surface area contributed by atoms with Crippen molar-refractivity contribution in [3.05, 3.63) is 58.1 Å². The van der Waals surface area contributed by atoms with E-state index in [2.05, 4.69) is 5.32 Å². The number of rotatable bonds is 5. The average Bonchev–Trinajstić information content (AvgIpc) is 3.33. The Kier molecular flexibility index (Phi) is 5.25. The molecule has 0 atom stereocenters. The highest BCUT2D eigenvalue weighted by Gasteiger charge is 2.28. The number of anilines is 1. The maximum absolute atomic E-state index is 12.7. The van der Waals surface area contributed by atoms with Crippen LogP contribution in [0.1, 0.15) is 24.0 Å². The molecule has 1 fully saturated rings. The van der Waals surface area contributed by atoms with Crippen LogP contribution < -0.4 is 11.1 Å². The number of carbonyl (C=O) groups excluding carboxylic acids is 1. The summed E-state index contributed by atoms with van der Waals surface area (Å²) in [6, 6.07) is 9.97. The van der Waals surface area contributed by atoms with Crippen LogP contribution in [0.2, 0.25) is 0 Å². The first-order chi connectivity index (χ1) is 14.3. The Morgan fingerprint density at radius 2 is 1.83 bits per heavy atom. The van der Waals surface area contributed by atoms with Crippen LogP contribution in [0.3, 0.4) is 0 Å². The molecule has 1 aliphatic heterocycles. The maximum Gasteiger partial charge on any atom is 0.420 e. The van der Waals surface area contributed by atoms with Gasteiger partial charge < -0.3 is 9.73 Å². The number of carbonyl (C=O) groups is 1. The van der Waals surface area contributed by atoms with Gasteiger partial charge in [-0.3, -0.25) is 9.36 Å². The monoisotopic (exact) mass is 429 g/mol. The maximum atomic E-state index is 12.7. The van der Waals surface area contributed by atoms with Crippen molar-refractivity contribution in [1.29, 1.82) is 0 Å². The number of amides is 1. The van der Waals surface area contributed by atoms with Crippen molar-refractivity contribution >= 4 is 32.7 Å². The second kappa shape index (κ2) is 7.73. The van der Waals surface area contributed by atoms with E-state index in [0.717, 1.165) is 24.0 Å². The van der Waals surface area contributed by atoms with Crippen LogP contribution >= 0.6 is 0 Å². The van der Waals surface area contributed by atoms with Gasteiger partial charge in [-0.1, -0.05) is 17.7 Å². The molecule has 0 unspecified atom stereocenters. The Balaban J connectivity index is 1.60. The number of sulfonamides is 1. The predicted molar refractivity (Wildman–Crippen MR) is 113 cm³/mol. The number of aryl methyl sites for hydroxylation is 2. The van der Waals surface area contributed by atoms with Crippen molar-refractivity contribution in [2.24, 2.45) is 0 Å². The third kappa shape index (κ3) is 3.78. The topological polar surface area (TPSA) is 102 Å². The lowest BCUT2D eigenvalue weighted by Gasteiger charge is -2.15. The van der Waals surface area contributed by atoms with E-state index >= 15 is 0 Å². The van der Waals surface area contributed by atoms with Gasteiger partial charge in [-0.2, -0.15) is 4.31 Å². The summed E-state index contributed by atoms with van der Waals surface area (Å²) in [6.45, 7) is 4.60. The van der Waals surface area contributed by atoms with Gasteiger partial charge in [0.25, 0.3) is 0 Å². The zero-order valence-corrected chi connectivity index (χ0v) is 17.7. The van der Waals surface area contributed by atoms with Gasteiger partial charge in [-0.05, 0) is 50.5 Å². The van der Waals surface area contributed by atoms with Crippen molar-refractivity contribution in [3.8, 4) is 0 Å². The quantitative estimate of drug-likeness (QED) is 0.672. The number of benzene rings is 2. The van der Waals surface area contributed by atoms with Gasteiger partial charge in [0.2, 0.25) is 15.9 Å². The van der Waals surface area contributed by atoms with Gasteiger partial charge in [0.1, 0.15) is 6.54 Å². The fraction of sp³-hybridized carbons (Fsp3) is 0.333. The molecule has 1 saturated heterocycles. The molecule has 0 spiro atoms. The molecule has 1 aliphatic rings. The SMILES string of the molecule is Cc1ccc(NC(=O)Cn2c(=O)oc3cc(S(=O)(=O)N4CCCC4)ccc32)c(C)c1. The lowest BCUT2D eigenvalue weighted by Crippen LogP contribution is -2.27. The number of hydrogen-bond donors (Lipinski definition) is 1. The first-order valence-electron chi connectivity index (χ1n) is 9.76. The first kappa shape index (κ1) is 20.4. The zero-order valence-electron chi connectivity index (χ0n) is 16.8. The predicted octanol–water partition coefficient (Wildman–Crippen LogP) is 2.63. The van der Waals surface area contributed by atoms with Gasteiger partial charge in [-0.25, -0.2) is 13.2 Å². The molecule has 9 heteroatoms. The molecule has 1 amide bonds. The lowest BCUT2D eigenvalue weighted by atomic mass is 10.1. The molecule has 0 aliphatic carbocycles. The largest absolute Gasteiger partial charge is 0.420 e. The molecule has 1 N–H and O–H groups in total. The molecule has 2 aromatic carbocycles. The number of hydrogen-bond acceptors (Lipinski definition) is 5. The van der Waals surface area contributed by atoms with E-state index in [4.69, 9.17) is 4.42 Å². The van der Waals surface area contributed by atoms with Crippen LogP contribution in [0.15, 0.2) is 50.5 Å². The Bertz CT molecular complexity index is 1280. The minimum Gasteiger partial charge on any atom is -0.408 e. The number of oxazole rings is 1. The van der Waals surface area contributed by atoms with Crippen molar-refractivity contribution in [2.45, 2.75) is 38.1 Å². The molecule has 0 saturated carbocycles. The van der Waals surface area contributed by atoms with Gasteiger partial charge >= 0.3 is 5.76 Å². The minimum atomic E-state index is -3.62. The van der Waals surface area contributed by atoms with Gasteiger partial charge in [0.05, 0.1) is 10.4 Å². The number of nitrogens with zero attached hydrogens (tertiary/aromatic N) is 2. The van der Waals surface area contributed by atoms with E-state index in [9.17, 15) is 18.0 Å². The van der Waals surface area contributed by atoms with Crippen LogP contribution in [0, 0.1) is 13.8 Å². The molecular formula is C21H23N3O5S. The Morgan fingerprint density at radius 3 is 2.53 bits per heavy atom. The molecule has 0 radical (unpaired) electrons. The van der Waals surface area contributed by atoms with E-state index in [0.29, 0.717) is 24.3 Å². The smallest absolute Gasteiger partial charge is 0.408 e.